The largest absolute Gasteiger partial charge is 0.334 e. The minimum atomic E-state index is -0.0733. The lowest BCUT2D eigenvalue weighted by atomic mass is 10.2. The number of rotatable bonds is 5. The van der Waals surface area contributed by atoms with Gasteiger partial charge in [-0.3, -0.25) is 9.97 Å². The highest BCUT2D eigenvalue weighted by atomic mass is 16.2. The highest BCUT2D eigenvalue weighted by molar-refractivity contribution is 5.73. The molecule has 2 amide bonds. The van der Waals surface area contributed by atoms with Crippen molar-refractivity contribution >= 4 is 6.03 Å². The van der Waals surface area contributed by atoms with Gasteiger partial charge in [0.05, 0.1) is 0 Å². The molecule has 2 aromatic heterocycles. The number of pyridine rings is 2. The van der Waals surface area contributed by atoms with E-state index < -0.39 is 0 Å². The van der Waals surface area contributed by atoms with Crippen LogP contribution >= 0.6 is 0 Å². The van der Waals surface area contributed by atoms with Gasteiger partial charge in [-0.2, -0.15) is 0 Å². The minimum Gasteiger partial charge on any atom is -0.334 e. The zero-order valence-corrected chi connectivity index (χ0v) is 11.5. The Morgan fingerprint density at radius 1 is 1.05 bits per heavy atom. The zero-order chi connectivity index (χ0) is 14.2. The van der Waals surface area contributed by atoms with Gasteiger partial charge in [-0.1, -0.05) is 0 Å². The molecule has 20 heavy (non-hydrogen) atoms. The molecule has 0 bridgehead atoms. The fourth-order valence-corrected chi connectivity index (χ4v) is 1.76. The van der Waals surface area contributed by atoms with Crippen molar-refractivity contribution in [3.05, 3.63) is 60.2 Å². The molecule has 0 unspecified atom stereocenters. The summed E-state index contributed by atoms with van der Waals surface area (Å²) in [4.78, 5) is 21.5. The van der Waals surface area contributed by atoms with Crippen LogP contribution in [0.25, 0.3) is 0 Å². The third-order valence-corrected chi connectivity index (χ3v) is 3.03. The van der Waals surface area contributed by atoms with Crippen molar-refractivity contribution in [2.24, 2.45) is 0 Å². The number of likely N-dealkylation sites (N-methyl/N-ethyl adjacent to an activating group) is 1. The standard InChI is InChI=1S/C15H18N4O/c1-19(11-6-13-2-7-16-8-3-13)15(20)18-12-14-4-9-17-10-5-14/h2-5,7-10H,6,11-12H2,1H3,(H,18,20). The quantitative estimate of drug-likeness (QED) is 0.902. The van der Waals surface area contributed by atoms with Crippen molar-refractivity contribution in [3.63, 3.8) is 0 Å². The Morgan fingerprint density at radius 2 is 1.60 bits per heavy atom. The number of urea groups is 1. The molecular formula is C15H18N4O. The van der Waals surface area contributed by atoms with E-state index >= 15 is 0 Å². The first kappa shape index (κ1) is 14.0. The van der Waals surface area contributed by atoms with Gasteiger partial charge >= 0.3 is 6.03 Å². The summed E-state index contributed by atoms with van der Waals surface area (Å²) in [7, 11) is 1.79. The summed E-state index contributed by atoms with van der Waals surface area (Å²) in [5.74, 6) is 0. The second-order valence-electron chi connectivity index (χ2n) is 4.54. The van der Waals surface area contributed by atoms with Crippen LogP contribution in [0.1, 0.15) is 11.1 Å². The SMILES string of the molecule is CN(CCc1ccncc1)C(=O)NCc1ccncc1. The third kappa shape index (κ3) is 4.35. The highest BCUT2D eigenvalue weighted by Gasteiger charge is 2.07. The molecule has 0 fully saturated rings. The molecule has 2 aromatic rings. The first-order valence-electron chi connectivity index (χ1n) is 6.52. The summed E-state index contributed by atoms with van der Waals surface area (Å²) in [6.07, 6.45) is 7.78. The predicted octanol–water partition coefficient (Wildman–Crippen LogP) is 1.86. The van der Waals surface area contributed by atoms with Crippen LogP contribution < -0.4 is 5.32 Å². The van der Waals surface area contributed by atoms with E-state index in [4.69, 9.17) is 0 Å². The van der Waals surface area contributed by atoms with Crippen LogP contribution in [0.5, 0.6) is 0 Å². The zero-order valence-electron chi connectivity index (χ0n) is 11.5. The van der Waals surface area contributed by atoms with Gasteiger partial charge in [0.25, 0.3) is 0 Å². The molecular weight excluding hydrogens is 252 g/mol. The summed E-state index contributed by atoms with van der Waals surface area (Å²) in [5, 5.41) is 2.88. The minimum absolute atomic E-state index is 0.0733. The third-order valence-electron chi connectivity index (χ3n) is 3.03. The predicted molar refractivity (Wildman–Crippen MR) is 77.0 cm³/mol. The Morgan fingerprint density at radius 3 is 2.20 bits per heavy atom. The number of hydrogen-bond donors (Lipinski definition) is 1. The number of amides is 2. The maximum absolute atomic E-state index is 11.9. The summed E-state index contributed by atoms with van der Waals surface area (Å²) < 4.78 is 0. The van der Waals surface area contributed by atoms with Gasteiger partial charge in [0.2, 0.25) is 0 Å². The molecule has 0 aliphatic rings. The summed E-state index contributed by atoms with van der Waals surface area (Å²) in [6, 6.07) is 7.62. The number of hydrogen-bond acceptors (Lipinski definition) is 3. The van der Waals surface area contributed by atoms with Crippen LogP contribution in [0.15, 0.2) is 49.1 Å². The van der Waals surface area contributed by atoms with Crippen LogP contribution in [-0.2, 0) is 13.0 Å². The molecule has 0 spiro atoms. The molecule has 0 radical (unpaired) electrons. The molecule has 2 rings (SSSR count). The van der Waals surface area contributed by atoms with E-state index in [0.29, 0.717) is 13.1 Å². The van der Waals surface area contributed by atoms with E-state index in [1.54, 1.807) is 36.7 Å². The van der Waals surface area contributed by atoms with Gasteiger partial charge in [-0.25, -0.2) is 4.79 Å². The molecule has 0 saturated carbocycles. The van der Waals surface area contributed by atoms with Crippen LogP contribution in [0, 0.1) is 0 Å². The van der Waals surface area contributed by atoms with Crippen molar-refractivity contribution in [1.29, 1.82) is 0 Å². The van der Waals surface area contributed by atoms with Gasteiger partial charge in [-0.15, -0.1) is 0 Å². The second kappa shape index (κ2) is 7.23. The highest BCUT2D eigenvalue weighted by Crippen LogP contribution is 2.00. The maximum Gasteiger partial charge on any atom is 0.317 e. The van der Waals surface area contributed by atoms with Gasteiger partial charge < -0.3 is 10.2 Å². The first-order chi connectivity index (χ1) is 9.75. The van der Waals surface area contributed by atoms with E-state index in [-0.39, 0.29) is 6.03 Å². The Balaban J connectivity index is 1.75. The Labute approximate surface area is 118 Å². The maximum atomic E-state index is 11.9. The van der Waals surface area contributed by atoms with E-state index in [1.165, 1.54) is 5.56 Å². The van der Waals surface area contributed by atoms with Crippen molar-refractivity contribution in [2.45, 2.75) is 13.0 Å². The van der Waals surface area contributed by atoms with Gasteiger partial charge in [-0.05, 0) is 41.8 Å². The molecule has 2 heterocycles. The van der Waals surface area contributed by atoms with E-state index in [0.717, 1.165) is 12.0 Å². The van der Waals surface area contributed by atoms with Crippen molar-refractivity contribution in [1.82, 2.24) is 20.2 Å². The number of nitrogens with zero attached hydrogens (tertiary/aromatic N) is 3. The Kier molecular flexibility index (Phi) is 5.06. The van der Waals surface area contributed by atoms with Crippen LogP contribution in [-0.4, -0.2) is 34.5 Å². The molecule has 5 heteroatoms. The number of carbonyl (C=O) groups is 1. The fourth-order valence-electron chi connectivity index (χ4n) is 1.76. The molecule has 0 saturated heterocycles. The van der Waals surface area contributed by atoms with Crippen LogP contribution in [0.2, 0.25) is 0 Å². The van der Waals surface area contributed by atoms with Gasteiger partial charge in [0.15, 0.2) is 0 Å². The number of aromatic nitrogens is 2. The molecule has 0 aliphatic heterocycles. The monoisotopic (exact) mass is 270 g/mol. The number of carbonyl (C=O) groups excluding carboxylic acids is 1. The van der Waals surface area contributed by atoms with Crippen LogP contribution in [0.4, 0.5) is 4.79 Å². The first-order valence-corrected chi connectivity index (χ1v) is 6.52. The smallest absolute Gasteiger partial charge is 0.317 e. The Bertz CT molecular complexity index is 530. The van der Waals surface area contributed by atoms with Gasteiger partial charge in [0, 0.05) is 44.9 Å². The average Bonchev–Trinajstić information content (AvgIpc) is 2.52. The van der Waals surface area contributed by atoms with Crippen molar-refractivity contribution < 1.29 is 4.79 Å². The lowest BCUT2D eigenvalue weighted by Gasteiger charge is -2.18. The van der Waals surface area contributed by atoms with Crippen molar-refractivity contribution in [2.75, 3.05) is 13.6 Å². The van der Waals surface area contributed by atoms with E-state index in [9.17, 15) is 4.79 Å². The molecule has 0 atom stereocenters. The molecule has 1 N–H and O–H groups in total. The average molecular weight is 270 g/mol. The summed E-state index contributed by atoms with van der Waals surface area (Å²) in [6.45, 7) is 1.19. The lowest BCUT2D eigenvalue weighted by Crippen LogP contribution is -2.37. The van der Waals surface area contributed by atoms with Crippen molar-refractivity contribution in [3.8, 4) is 0 Å². The lowest BCUT2D eigenvalue weighted by molar-refractivity contribution is 0.209. The Hall–Kier alpha value is -2.43. The normalized spacial score (nSPS) is 10.1. The molecule has 0 aromatic carbocycles. The summed E-state index contributed by atoms with van der Waals surface area (Å²) >= 11 is 0. The topological polar surface area (TPSA) is 58.1 Å². The molecule has 5 nitrogen and oxygen atoms in total. The fraction of sp³-hybridized carbons (Fsp3) is 0.267. The molecule has 104 valence electrons. The van der Waals surface area contributed by atoms with E-state index in [1.807, 2.05) is 24.3 Å². The van der Waals surface area contributed by atoms with E-state index in [2.05, 4.69) is 15.3 Å². The summed E-state index contributed by atoms with van der Waals surface area (Å²) in [5.41, 5.74) is 2.21. The molecule has 0 aliphatic carbocycles. The van der Waals surface area contributed by atoms with Crippen LogP contribution in [0.3, 0.4) is 0 Å². The number of nitrogens with one attached hydrogen (secondary N) is 1. The van der Waals surface area contributed by atoms with Gasteiger partial charge in [0.1, 0.15) is 0 Å². The second-order valence-corrected chi connectivity index (χ2v) is 4.54.